The van der Waals surface area contributed by atoms with Crippen molar-refractivity contribution in [3.63, 3.8) is 0 Å². The van der Waals surface area contributed by atoms with Crippen LogP contribution >= 0.6 is 12.4 Å². The number of nitrogens with one attached hydrogen (secondary N) is 1. The topological polar surface area (TPSA) is 59.4 Å². The van der Waals surface area contributed by atoms with E-state index in [2.05, 4.69) is 29.2 Å². The zero-order valence-electron chi connectivity index (χ0n) is 14.9. The summed E-state index contributed by atoms with van der Waals surface area (Å²) < 4.78 is 6.66. The van der Waals surface area contributed by atoms with Crippen LogP contribution in [0.1, 0.15) is 36.2 Å². The van der Waals surface area contributed by atoms with Crippen molar-refractivity contribution in [3.05, 3.63) is 17.0 Å². The Morgan fingerprint density at radius 2 is 2.17 bits per heavy atom. The maximum Gasteiger partial charge on any atom is 0.307 e. The molecule has 3 rings (SSSR count). The second-order valence-corrected chi connectivity index (χ2v) is 7.09. The van der Waals surface area contributed by atoms with Crippen molar-refractivity contribution in [1.82, 2.24) is 20.0 Å². The smallest absolute Gasteiger partial charge is 0.307 e. The van der Waals surface area contributed by atoms with Crippen LogP contribution in [0, 0.1) is 19.3 Å². The van der Waals surface area contributed by atoms with Gasteiger partial charge in [-0.15, -0.1) is 12.4 Å². The van der Waals surface area contributed by atoms with Crippen LogP contribution < -0.4 is 5.32 Å². The summed E-state index contributed by atoms with van der Waals surface area (Å²) in [6.07, 6.45) is 2.98. The average Bonchev–Trinajstić information content (AvgIpc) is 3.23. The quantitative estimate of drug-likeness (QED) is 0.813. The van der Waals surface area contributed by atoms with Crippen LogP contribution in [0.15, 0.2) is 0 Å². The molecule has 0 amide bonds. The highest BCUT2D eigenvalue weighted by Crippen LogP contribution is 2.36. The van der Waals surface area contributed by atoms with E-state index in [0.717, 1.165) is 18.8 Å². The Balaban J connectivity index is 0.00000208. The predicted molar refractivity (Wildman–Crippen MR) is 95.4 cm³/mol. The lowest BCUT2D eigenvalue weighted by atomic mass is 9.86. The van der Waals surface area contributed by atoms with E-state index < -0.39 is 0 Å². The van der Waals surface area contributed by atoms with Gasteiger partial charge in [-0.3, -0.25) is 14.4 Å². The van der Waals surface area contributed by atoms with Crippen LogP contribution in [-0.4, -0.2) is 53.9 Å². The first kappa shape index (κ1) is 19.2. The molecule has 3 heterocycles. The Bertz CT molecular complexity index is 581. The highest BCUT2D eigenvalue weighted by atomic mass is 35.5. The predicted octanol–water partition coefficient (Wildman–Crippen LogP) is 1.67. The third-order valence-corrected chi connectivity index (χ3v) is 5.52. The van der Waals surface area contributed by atoms with Crippen LogP contribution in [0.5, 0.6) is 0 Å². The first-order valence-electron chi connectivity index (χ1n) is 8.56. The number of likely N-dealkylation sites (tertiary alicyclic amines) is 1. The molecule has 136 valence electrons. The monoisotopic (exact) mass is 356 g/mol. The number of methoxy groups -OCH3 is 1. The van der Waals surface area contributed by atoms with Gasteiger partial charge >= 0.3 is 5.97 Å². The SMILES string of the molecule is COC(=O)CCn1nc(C)c(CN2CCC3(CCNC3)C2)c1C.Cl. The fraction of sp³-hybridized carbons (Fsp3) is 0.765. The fourth-order valence-corrected chi connectivity index (χ4v) is 4.01. The third kappa shape index (κ3) is 3.92. The van der Waals surface area contributed by atoms with Crippen molar-refractivity contribution >= 4 is 18.4 Å². The zero-order valence-corrected chi connectivity index (χ0v) is 15.7. The number of carbonyl (C=O) groups excluding carboxylic acids is 1. The van der Waals surface area contributed by atoms with Crippen LogP contribution in [0.25, 0.3) is 0 Å². The molecule has 1 unspecified atom stereocenters. The summed E-state index contributed by atoms with van der Waals surface area (Å²) in [5, 5.41) is 8.13. The lowest BCUT2D eigenvalue weighted by molar-refractivity contribution is -0.140. The molecule has 2 aliphatic heterocycles. The van der Waals surface area contributed by atoms with Crippen molar-refractivity contribution in [2.24, 2.45) is 5.41 Å². The number of ether oxygens (including phenoxy) is 1. The summed E-state index contributed by atoms with van der Waals surface area (Å²) in [6, 6.07) is 0. The first-order valence-corrected chi connectivity index (χ1v) is 8.56. The molecule has 1 aromatic rings. The minimum atomic E-state index is -0.186. The largest absolute Gasteiger partial charge is 0.469 e. The highest BCUT2D eigenvalue weighted by Gasteiger charge is 2.40. The van der Waals surface area contributed by atoms with Gasteiger partial charge in [0.1, 0.15) is 0 Å². The molecule has 2 fully saturated rings. The number of carbonyl (C=O) groups is 1. The molecule has 0 bridgehead atoms. The lowest BCUT2D eigenvalue weighted by Crippen LogP contribution is -2.29. The lowest BCUT2D eigenvalue weighted by Gasteiger charge is -2.23. The van der Waals surface area contributed by atoms with Crippen LogP contribution in [0.4, 0.5) is 0 Å². The van der Waals surface area contributed by atoms with Gasteiger partial charge in [0.05, 0.1) is 25.8 Å². The second-order valence-electron chi connectivity index (χ2n) is 7.09. The molecule has 1 aromatic heterocycles. The number of aromatic nitrogens is 2. The summed E-state index contributed by atoms with van der Waals surface area (Å²) in [4.78, 5) is 13.9. The van der Waals surface area contributed by atoms with E-state index in [1.54, 1.807) is 0 Å². The third-order valence-electron chi connectivity index (χ3n) is 5.52. The van der Waals surface area contributed by atoms with Crippen molar-refractivity contribution in [1.29, 1.82) is 0 Å². The molecular weight excluding hydrogens is 328 g/mol. The first-order chi connectivity index (χ1) is 11.0. The van der Waals surface area contributed by atoms with Crippen molar-refractivity contribution in [2.45, 2.75) is 46.2 Å². The number of hydrogen-bond donors (Lipinski definition) is 1. The summed E-state index contributed by atoms with van der Waals surface area (Å²) in [5.41, 5.74) is 4.08. The van der Waals surface area contributed by atoms with Gasteiger partial charge in [0.25, 0.3) is 0 Å². The molecule has 0 aliphatic carbocycles. The van der Waals surface area contributed by atoms with E-state index in [1.165, 1.54) is 50.8 Å². The van der Waals surface area contributed by atoms with Crippen LogP contribution in [-0.2, 0) is 22.6 Å². The van der Waals surface area contributed by atoms with Crippen LogP contribution in [0.2, 0.25) is 0 Å². The van der Waals surface area contributed by atoms with E-state index in [0.29, 0.717) is 18.4 Å². The molecule has 0 saturated carbocycles. The van der Waals surface area contributed by atoms with E-state index in [-0.39, 0.29) is 18.4 Å². The van der Waals surface area contributed by atoms with Gasteiger partial charge < -0.3 is 10.1 Å². The Labute approximate surface area is 150 Å². The van der Waals surface area contributed by atoms with Crippen molar-refractivity contribution < 1.29 is 9.53 Å². The molecule has 2 aliphatic rings. The molecule has 2 saturated heterocycles. The molecule has 6 nitrogen and oxygen atoms in total. The summed E-state index contributed by atoms with van der Waals surface area (Å²) in [6.45, 7) is 10.4. The Morgan fingerprint density at radius 1 is 1.38 bits per heavy atom. The van der Waals surface area contributed by atoms with Gasteiger partial charge in [-0.25, -0.2) is 0 Å². The second kappa shape index (κ2) is 7.85. The molecule has 1 N–H and O–H groups in total. The highest BCUT2D eigenvalue weighted by molar-refractivity contribution is 5.85. The van der Waals surface area contributed by atoms with E-state index >= 15 is 0 Å². The Morgan fingerprint density at radius 3 is 2.83 bits per heavy atom. The number of hydrogen-bond acceptors (Lipinski definition) is 5. The van der Waals surface area contributed by atoms with Crippen molar-refractivity contribution in [2.75, 3.05) is 33.3 Å². The maximum absolute atomic E-state index is 11.3. The molecule has 1 spiro atoms. The fourth-order valence-electron chi connectivity index (χ4n) is 4.01. The molecule has 7 heteroatoms. The van der Waals surface area contributed by atoms with Gasteiger partial charge in [0, 0.05) is 30.9 Å². The number of esters is 1. The molecule has 24 heavy (non-hydrogen) atoms. The van der Waals surface area contributed by atoms with Crippen molar-refractivity contribution in [3.8, 4) is 0 Å². The zero-order chi connectivity index (χ0) is 16.4. The van der Waals surface area contributed by atoms with E-state index in [1.807, 2.05) is 4.68 Å². The minimum absolute atomic E-state index is 0. The normalized spacial score (nSPS) is 23.6. The summed E-state index contributed by atoms with van der Waals surface area (Å²) >= 11 is 0. The molecular formula is C17H29ClN4O2. The van der Waals surface area contributed by atoms with Gasteiger partial charge in [-0.2, -0.15) is 5.10 Å². The minimum Gasteiger partial charge on any atom is -0.469 e. The molecule has 0 aromatic carbocycles. The maximum atomic E-state index is 11.3. The van der Waals surface area contributed by atoms with Crippen LogP contribution in [0.3, 0.4) is 0 Å². The number of halogens is 1. The van der Waals surface area contributed by atoms with Gasteiger partial charge in [-0.05, 0) is 45.2 Å². The standard InChI is InChI=1S/C17H28N4O2.ClH/c1-13-15(14(2)21(19-13)8-4-16(22)23-3)10-20-9-6-17(12-20)5-7-18-11-17;/h18H,4-12H2,1-3H3;1H. The number of aryl methyl sites for hydroxylation is 2. The number of rotatable bonds is 5. The van der Waals surface area contributed by atoms with E-state index in [4.69, 9.17) is 4.74 Å². The van der Waals surface area contributed by atoms with Gasteiger partial charge in [-0.1, -0.05) is 0 Å². The average molecular weight is 357 g/mol. The Kier molecular flexibility index (Phi) is 6.28. The molecule has 0 radical (unpaired) electrons. The van der Waals surface area contributed by atoms with Gasteiger partial charge in [0.15, 0.2) is 0 Å². The number of nitrogens with zero attached hydrogens (tertiary/aromatic N) is 3. The molecule has 1 atom stereocenters. The van der Waals surface area contributed by atoms with Gasteiger partial charge in [0.2, 0.25) is 0 Å². The Hall–Kier alpha value is -1.11. The van der Waals surface area contributed by atoms with E-state index in [9.17, 15) is 4.79 Å². The summed E-state index contributed by atoms with van der Waals surface area (Å²) in [5.74, 6) is -0.186. The summed E-state index contributed by atoms with van der Waals surface area (Å²) in [7, 11) is 1.43.